The fourth-order valence-corrected chi connectivity index (χ4v) is 3.48. The summed E-state index contributed by atoms with van der Waals surface area (Å²) in [5.41, 5.74) is 2.00. The lowest BCUT2D eigenvalue weighted by Crippen LogP contribution is -2.46. The molecule has 13 heteroatoms. The van der Waals surface area contributed by atoms with Crippen molar-refractivity contribution in [3.05, 3.63) is 11.4 Å². The van der Waals surface area contributed by atoms with Crippen molar-refractivity contribution in [1.82, 2.24) is 29.7 Å². The van der Waals surface area contributed by atoms with Crippen LogP contribution < -0.4 is 0 Å². The summed E-state index contributed by atoms with van der Waals surface area (Å²) in [6.45, 7) is 5.12. The molecule has 176 valence electrons. The highest BCUT2D eigenvalue weighted by Crippen LogP contribution is 2.28. The first-order valence-corrected chi connectivity index (χ1v) is 9.95. The number of aryl methyl sites for hydroxylation is 1. The minimum Gasteiger partial charge on any atom is -0.475 e. The zero-order valence-electron chi connectivity index (χ0n) is 17.9. The van der Waals surface area contributed by atoms with Gasteiger partial charge in [-0.05, 0) is 26.9 Å². The summed E-state index contributed by atoms with van der Waals surface area (Å²) in [5.74, 6) is -2.63. The fourth-order valence-electron chi connectivity index (χ4n) is 3.48. The minimum absolute atomic E-state index is 0.127. The normalized spacial score (nSPS) is 18.6. The van der Waals surface area contributed by atoms with Crippen LogP contribution in [0.3, 0.4) is 0 Å². The van der Waals surface area contributed by atoms with Crippen LogP contribution in [0.4, 0.5) is 18.0 Å². The van der Waals surface area contributed by atoms with Crippen LogP contribution in [-0.2, 0) is 23.1 Å². The van der Waals surface area contributed by atoms with Gasteiger partial charge in [-0.1, -0.05) is 5.21 Å². The highest BCUT2D eigenvalue weighted by atomic mass is 19.4. The number of carboxylic acid groups (broad SMARTS) is 1. The summed E-state index contributed by atoms with van der Waals surface area (Å²) >= 11 is 0. The van der Waals surface area contributed by atoms with Crippen molar-refractivity contribution in [3.8, 4) is 0 Å². The van der Waals surface area contributed by atoms with E-state index in [1.807, 2.05) is 35.6 Å². The predicted octanol–water partition coefficient (Wildman–Crippen LogP) is 1.14. The molecule has 3 rings (SSSR count). The standard InChI is InChI=1S/C16H28N6O2.C2HF3O2/c1-19(2)8-9-24-12-13-10-22(16(23)21-6-4-5-7-21)11-14-15(13)20(3)18-17-14;3-2(4,5)1(6)7/h13H,4-12H2,1-3H3;(H,6,7). The third-order valence-corrected chi connectivity index (χ3v) is 5.00. The molecule has 0 spiro atoms. The average Bonchev–Trinajstić information content (AvgIpc) is 3.34. The van der Waals surface area contributed by atoms with Crippen molar-refractivity contribution in [2.75, 3.05) is 53.5 Å². The number of carboxylic acids is 1. The molecular formula is C18H29F3N6O4. The number of nitrogens with zero attached hydrogens (tertiary/aromatic N) is 6. The Morgan fingerprint density at radius 3 is 2.39 bits per heavy atom. The highest BCUT2D eigenvalue weighted by molar-refractivity contribution is 5.75. The molecule has 0 saturated carbocycles. The first-order chi connectivity index (χ1) is 14.5. The number of aromatic nitrogens is 3. The summed E-state index contributed by atoms with van der Waals surface area (Å²) in [5, 5.41) is 15.5. The second-order valence-electron chi connectivity index (χ2n) is 7.78. The fraction of sp³-hybridized carbons (Fsp3) is 0.778. The summed E-state index contributed by atoms with van der Waals surface area (Å²) in [6.07, 6.45) is -2.87. The third kappa shape index (κ3) is 7.06. The van der Waals surface area contributed by atoms with Gasteiger partial charge >= 0.3 is 18.2 Å². The molecule has 10 nitrogen and oxygen atoms in total. The van der Waals surface area contributed by atoms with E-state index in [1.165, 1.54) is 0 Å². The van der Waals surface area contributed by atoms with E-state index >= 15 is 0 Å². The summed E-state index contributed by atoms with van der Waals surface area (Å²) < 4.78 is 39.4. The Morgan fingerprint density at radius 1 is 1.23 bits per heavy atom. The molecular weight excluding hydrogens is 421 g/mol. The van der Waals surface area contributed by atoms with E-state index < -0.39 is 12.1 Å². The molecule has 1 unspecified atom stereocenters. The lowest BCUT2D eigenvalue weighted by molar-refractivity contribution is -0.192. The first-order valence-electron chi connectivity index (χ1n) is 9.95. The van der Waals surface area contributed by atoms with Gasteiger partial charge in [0.2, 0.25) is 0 Å². The van der Waals surface area contributed by atoms with Crippen LogP contribution in [0.1, 0.15) is 30.1 Å². The molecule has 0 aliphatic carbocycles. The number of aliphatic carboxylic acids is 1. The van der Waals surface area contributed by atoms with Crippen LogP contribution in [0, 0.1) is 0 Å². The number of ether oxygens (including phenoxy) is 1. The van der Waals surface area contributed by atoms with E-state index in [9.17, 15) is 18.0 Å². The van der Waals surface area contributed by atoms with Crippen molar-refractivity contribution < 1.29 is 32.6 Å². The van der Waals surface area contributed by atoms with E-state index in [1.54, 1.807) is 0 Å². The Kier molecular flexibility index (Phi) is 8.62. The number of amides is 2. The molecule has 1 aromatic rings. The Morgan fingerprint density at radius 2 is 1.84 bits per heavy atom. The zero-order valence-corrected chi connectivity index (χ0v) is 17.9. The monoisotopic (exact) mass is 450 g/mol. The van der Waals surface area contributed by atoms with E-state index in [0.29, 0.717) is 26.3 Å². The van der Waals surface area contributed by atoms with Gasteiger partial charge in [-0.15, -0.1) is 5.10 Å². The van der Waals surface area contributed by atoms with Crippen molar-refractivity contribution in [2.24, 2.45) is 7.05 Å². The third-order valence-electron chi connectivity index (χ3n) is 5.00. The van der Waals surface area contributed by atoms with Crippen molar-refractivity contribution >= 4 is 12.0 Å². The second-order valence-corrected chi connectivity index (χ2v) is 7.78. The number of fused-ring (bicyclic) bond motifs is 1. The summed E-state index contributed by atoms with van der Waals surface area (Å²) in [6, 6.07) is 0.127. The molecule has 0 aromatic carbocycles. The number of carbonyl (C=O) groups is 2. The largest absolute Gasteiger partial charge is 0.490 e. The molecule has 2 amide bonds. The van der Waals surface area contributed by atoms with Gasteiger partial charge in [0.05, 0.1) is 25.5 Å². The van der Waals surface area contributed by atoms with Gasteiger partial charge in [-0.25, -0.2) is 9.59 Å². The molecule has 1 fully saturated rings. The molecule has 1 N–H and O–H groups in total. The van der Waals surface area contributed by atoms with E-state index in [2.05, 4.69) is 15.2 Å². The number of alkyl halides is 3. The maximum Gasteiger partial charge on any atom is 0.490 e. The van der Waals surface area contributed by atoms with Crippen LogP contribution in [0.25, 0.3) is 0 Å². The van der Waals surface area contributed by atoms with Crippen LogP contribution in [0.2, 0.25) is 0 Å². The number of hydrogen-bond acceptors (Lipinski definition) is 6. The quantitative estimate of drug-likeness (QED) is 0.671. The zero-order chi connectivity index (χ0) is 23.2. The highest BCUT2D eigenvalue weighted by Gasteiger charge is 2.38. The molecule has 0 radical (unpaired) electrons. The number of rotatable bonds is 5. The van der Waals surface area contributed by atoms with Crippen molar-refractivity contribution in [1.29, 1.82) is 0 Å². The van der Waals surface area contributed by atoms with E-state index in [0.717, 1.165) is 43.9 Å². The molecule has 1 aromatic heterocycles. The van der Waals surface area contributed by atoms with Crippen molar-refractivity contribution in [3.63, 3.8) is 0 Å². The Balaban J connectivity index is 0.000000423. The summed E-state index contributed by atoms with van der Waals surface area (Å²) in [7, 11) is 5.98. The van der Waals surface area contributed by atoms with Gasteiger partial charge in [0.15, 0.2) is 0 Å². The van der Waals surface area contributed by atoms with Crippen LogP contribution in [-0.4, -0.2) is 106 Å². The van der Waals surface area contributed by atoms with Gasteiger partial charge in [0.1, 0.15) is 5.69 Å². The number of likely N-dealkylation sites (N-methyl/N-ethyl adjacent to an activating group) is 1. The second kappa shape index (κ2) is 10.8. The predicted molar refractivity (Wildman–Crippen MR) is 103 cm³/mol. The smallest absolute Gasteiger partial charge is 0.475 e. The van der Waals surface area contributed by atoms with Crippen LogP contribution >= 0.6 is 0 Å². The molecule has 3 heterocycles. The lowest BCUT2D eigenvalue weighted by atomic mass is 9.99. The number of carbonyl (C=O) groups excluding carboxylic acids is 1. The van der Waals surface area contributed by atoms with Gasteiger partial charge in [0, 0.05) is 39.1 Å². The summed E-state index contributed by atoms with van der Waals surface area (Å²) in [4.78, 5) is 27.6. The average molecular weight is 450 g/mol. The minimum atomic E-state index is -5.08. The van der Waals surface area contributed by atoms with Crippen LogP contribution in [0.5, 0.6) is 0 Å². The SMILES string of the molecule is CN(C)CCOCC1CN(C(=O)N2CCCC2)Cc2nnn(C)c21.O=C(O)C(F)(F)F. The number of hydrogen-bond donors (Lipinski definition) is 1. The Bertz CT molecular complexity index is 749. The maximum absolute atomic E-state index is 12.7. The molecule has 31 heavy (non-hydrogen) atoms. The van der Waals surface area contributed by atoms with E-state index in [4.69, 9.17) is 14.6 Å². The number of urea groups is 1. The van der Waals surface area contributed by atoms with Crippen molar-refractivity contribution in [2.45, 2.75) is 31.5 Å². The van der Waals surface area contributed by atoms with Crippen LogP contribution in [0.15, 0.2) is 0 Å². The Hall–Kier alpha value is -2.41. The topological polar surface area (TPSA) is 104 Å². The van der Waals surface area contributed by atoms with Gasteiger partial charge in [-0.3, -0.25) is 4.68 Å². The molecule has 1 atom stereocenters. The molecule has 1 saturated heterocycles. The van der Waals surface area contributed by atoms with E-state index in [-0.39, 0.29) is 11.9 Å². The molecule has 2 aliphatic rings. The molecule has 0 bridgehead atoms. The van der Waals surface area contributed by atoms with Gasteiger partial charge in [0.25, 0.3) is 0 Å². The Labute approximate surface area is 178 Å². The van der Waals surface area contributed by atoms with Gasteiger partial charge < -0.3 is 24.5 Å². The maximum atomic E-state index is 12.7. The number of halogens is 3. The lowest BCUT2D eigenvalue weighted by Gasteiger charge is -2.34. The first kappa shape index (κ1) is 24.9. The molecule has 2 aliphatic heterocycles. The van der Waals surface area contributed by atoms with Gasteiger partial charge in [-0.2, -0.15) is 13.2 Å². The number of likely N-dealkylation sites (tertiary alicyclic amines) is 1.